The Balaban J connectivity index is 2.17. The summed E-state index contributed by atoms with van der Waals surface area (Å²) < 4.78 is 90.4. The number of carbonyl (C=O) groups is 1. The van der Waals surface area contributed by atoms with Gasteiger partial charge in [-0.1, -0.05) is 0 Å². The van der Waals surface area contributed by atoms with E-state index in [1.165, 1.54) is 0 Å². The molecule has 1 rings (SSSR count). The molecule has 0 N–H and O–H groups in total. The monoisotopic (exact) mass is 416 g/mol. The maximum absolute atomic E-state index is 13.4. The highest BCUT2D eigenvalue weighted by Gasteiger charge is 2.28. The van der Waals surface area contributed by atoms with Gasteiger partial charge in [-0.3, -0.25) is 4.79 Å². The van der Waals surface area contributed by atoms with E-state index in [0.717, 1.165) is 0 Å². The largest absolute Gasteiger partial charge is 0.420 e. The van der Waals surface area contributed by atoms with Crippen LogP contribution in [0.25, 0.3) is 0 Å². The van der Waals surface area contributed by atoms with Crippen LogP contribution in [0.3, 0.4) is 0 Å². The van der Waals surface area contributed by atoms with Crippen LogP contribution in [-0.4, -0.2) is 58.8 Å². The van der Waals surface area contributed by atoms with E-state index in [2.05, 4.69) is 4.74 Å². The number of esters is 1. The van der Waals surface area contributed by atoms with Crippen molar-refractivity contribution >= 4 is 5.97 Å². The van der Waals surface area contributed by atoms with Crippen LogP contribution in [0.4, 0.5) is 22.0 Å². The SMILES string of the molecule is CCOCCOCCOCCOCCC(=O)Oc1c(F)c(F)c(F)c(F)c1F. The summed E-state index contributed by atoms with van der Waals surface area (Å²) in [7, 11) is 0. The highest BCUT2D eigenvalue weighted by atomic mass is 19.2. The number of rotatable bonds is 14. The van der Waals surface area contributed by atoms with Gasteiger partial charge >= 0.3 is 5.97 Å². The molecule has 0 atom stereocenters. The molecule has 11 heteroatoms. The number of hydrogen-bond acceptors (Lipinski definition) is 6. The molecule has 6 nitrogen and oxygen atoms in total. The molecule has 0 amide bonds. The molecule has 0 spiro atoms. The molecule has 0 saturated heterocycles. The third kappa shape index (κ3) is 8.05. The number of ether oxygens (including phenoxy) is 5. The fourth-order valence-corrected chi connectivity index (χ4v) is 1.80. The van der Waals surface area contributed by atoms with Crippen molar-refractivity contribution in [2.24, 2.45) is 0 Å². The summed E-state index contributed by atoms with van der Waals surface area (Å²) in [6.07, 6.45) is -0.458. The minimum Gasteiger partial charge on any atom is -0.420 e. The van der Waals surface area contributed by atoms with Crippen molar-refractivity contribution < 1.29 is 50.4 Å². The molecule has 28 heavy (non-hydrogen) atoms. The van der Waals surface area contributed by atoms with Crippen LogP contribution in [0, 0.1) is 29.1 Å². The van der Waals surface area contributed by atoms with Crippen molar-refractivity contribution in [3.8, 4) is 5.75 Å². The summed E-state index contributed by atoms with van der Waals surface area (Å²) in [5, 5.41) is 0. The van der Waals surface area contributed by atoms with Crippen LogP contribution in [-0.2, 0) is 23.7 Å². The van der Waals surface area contributed by atoms with Crippen molar-refractivity contribution in [2.45, 2.75) is 13.3 Å². The number of halogens is 5. The standard InChI is InChI=1S/C17H21F5O6/c1-2-24-5-6-26-9-10-27-8-7-25-4-3-11(23)28-17-15(21)13(19)12(18)14(20)16(17)22/h2-10H2,1H3. The normalized spacial score (nSPS) is 11.1. The lowest BCUT2D eigenvalue weighted by molar-refractivity contribution is -0.136. The minimum atomic E-state index is -2.34. The molecule has 0 aliphatic rings. The minimum absolute atomic E-state index is 0.120. The van der Waals surface area contributed by atoms with Gasteiger partial charge in [0.25, 0.3) is 0 Å². The Hall–Kier alpha value is -1.82. The van der Waals surface area contributed by atoms with Crippen LogP contribution in [0.15, 0.2) is 0 Å². The lowest BCUT2D eigenvalue weighted by Crippen LogP contribution is -2.16. The first-order valence-corrected chi connectivity index (χ1v) is 8.43. The van der Waals surface area contributed by atoms with Gasteiger partial charge in [-0.15, -0.1) is 0 Å². The van der Waals surface area contributed by atoms with Gasteiger partial charge in [0.2, 0.25) is 34.8 Å². The van der Waals surface area contributed by atoms with E-state index in [1.807, 2.05) is 6.92 Å². The Morgan fingerprint density at radius 1 is 0.643 bits per heavy atom. The Morgan fingerprint density at radius 3 is 1.50 bits per heavy atom. The molecule has 160 valence electrons. The van der Waals surface area contributed by atoms with Crippen LogP contribution in [0.2, 0.25) is 0 Å². The molecule has 0 fully saturated rings. The first-order valence-electron chi connectivity index (χ1n) is 8.43. The van der Waals surface area contributed by atoms with E-state index in [0.29, 0.717) is 33.0 Å². The second kappa shape index (κ2) is 13.4. The summed E-state index contributed by atoms with van der Waals surface area (Å²) >= 11 is 0. The van der Waals surface area contributed by atoms with Crippen molar-refractivity contribution in [1.82, 2.24) is 0 Å². The second-order valence-corrected chi connectivity index (χ2v) is 5.16. The van der Waals surface area contributed by atoms with Crippen molar-refractivity contribution in [2.75, 3.05) is 52.9 Å². The van der Waals surface area contributed by atoms with E-state index in [-0.39, 0.29) is 19.8 Å². The van der Waals surface area contributed by atoms with Gasteiger partial charge in [0.05, 0.1) is 52.7 Å². The Labute approximate surface area is 158 Å². The van der Waals surface area contributed by atoms with Crippen LogP contribution in [0.5, 0.6) is 5.75 Å². The van der Waals surface area contributed by atoms with Gasteiger partial charge in [-0.2, -0.15) is 8.78 Å². The van der Waals surface area contributed by atoms with Gasteiger partial charge in [-0.05, 0) is 6.92 Å². The van der Waals surface area contributed by atoms with E-state index in [4.69, 9.17) is 18.9 Å². The molecular weight excluding hydrogens is 395 g/mol. The highest BCUT2D eigenvalue weighted by molar-refractivity contribution is 5.72. The van der Waals surface area contributed by atoms with Gasteiger partial charge < -0.3 is 23.7 Å². The second-order valence-electron chi connectivity index (χ2n) is 5.16. The smallest absolute Gasteiger partial charge is 0.313 e. The van der Waals surface area contributed by atoms with E-state index >= 15 is 0 Å². The molecule has 0 aliphatic carbocycles. The van der Waals surface area contributed by atoms with Crippen LogP contribution >= 0.6 is 0 Å². The van der Waals surface area contributed by atoms with Crippen molar-refractivity contribution in [3.05, 3.63) is 29.1 Å². The predicted molar refractivity (Wildman–Crippen MR) is 85.4 cm³/mol. The Kier molecular flexibility index (Phi) is 11.6. The Bertz CT molecular complexity index is 600. The molecule has 0 saturated carbocycles. The molecule has 1 aromatic rings. The van der Waals surface area contributed by atoms with Crippen LogP contribution in [0.1, 0.15) is 13.3 Å². The summed E-state index contributed by atoms with van der Waals surface area (Å²) in [4.78, 5) is 11.5. The summed E-state index contributed by atoms with van der Waals surface area (Å²) in [6.45, 7) is 4.30. The zero-order valence-corrected chi connectivity index (χ0v) is 15.2. The Morgan fingerprint density at radius 2 is 1.04 bits per heavy atom. The average Bonchev–Trinajstić information content (AvgIpc) is 2.69. The lowest BCUT2D eigenvalue weighted by Gasteiger charge is -2.09. The molecular formula is C17H21F5O6. The zero-order valence-electron chi connectivity index (χ0n) is 15.2. The number of benzene rings is 1. The topological polar surface area (TPSA) is 63.2 Å². The number of hydrogen-bond donors (Lipinski definition) is 0. The molecule has 0 unspecified atom stereocenters. The van der Waals surface area contributed by atoms with E-state index < -0.39 is 47.2 Å². The van der Waals surface area contributed by atoms with Crippen molar-refractivity contribution in [1.29, 1.82) is 0 Å². The average molecular weight is 416 g/mol. The third-order valence-corrected chi connectivity index (χ3v) is 3.16. The van der Waals surface area contributed by atoms with Gasteiger partial charge in [-0.25, -0.2) is 13.2 Å². The third-order valence-electron chi connectivity index (χ3n) is 3.16. The molecule has 0 radical (unpaired) electrons. The fraction of sp³-hybridized carbons (Fsp3) is 0.588. The summed E-state index contributed by atoms with van der Waals surface area (Å²) in [5.41, 5.74) is 0. The highest BCUT2D eigenvalue weighted by Crippen LogP contribution is 2.29. The predicted octanol–water partition coefficient (Wildman–Crippen LogP) is 2.76. The molecule has 1 aromatic carbocycles. The first kappa shape index (κ1) is 24.2. The quantitative estimate of drug-likeness (QED) is 0.116. The van der Waals surface area contributed by atoms with Gasteiger partial charge in [0.15, 0.2) is 0 Å². The van der Waals surface area contributed by atoms with Crippen LogP contribution < -0.4 is 4.74 Å². The molecule has 0 bridgehead atoms. The van der Waals surface area contributed by atoms with Gasteiger partial charge in [0.1, 0.15) is 0 Å². The number of carbonyl (C=O) groups excluding carboxylic acids is 1. The summed E-state index contributed by atoms with van der Waals surface area (Å²) in [5.74, 6) is -14.0. The fourth-order valence-electron chi connectivity index (χ4n) is 1.80. The molecule has 0 heterocycles. The maximum atomic E-state index is 13.4. The first-order chi connectivity index (χ1) is 13.4. The van der Waals surface area contributed by atoms with Crippen molar-refractivity contribution in [3.63, 3.8) is 0 Å². The summed E-state index contributed by atoms with van der Waals surface area (Å²) in [6, 6.07) is 0. The lowest BCUT2D eigenvalue weighted by atomic mass is 10.2. The maximum Gasteiger partial charge on any atom is 0.313 e. The molecule has 0 aliphatic heterocycles. The van der Waals surface area contributed by atoms with Gasteiger partial charge in [0, 0.05) is 6.61 Å². The zero-order chi connectivity index (χ0) is 20.9. The molecule has 0 aromatic heterocycles. The van der Waals surface area contributed by atoms with E-state index in [9.17, 15) is 26.7 Å². The van der Waals surface area contributed by atoms with E-state index in [1.54, 1.807) is 0 Å².